The van der Waals surface area contributed by atoms with Crippen molar-refractivity contribution in [3.05, 3.63) is 57.0 Å². The monoisotopic (exact) mass is 327 g/mol. The molecule has 0 saturated heterocycles. The first kappa shape index (κ1) is 15.9. The van der Waals surface area contributed by atoms with Crippen LogP contribution >= 0.6 is 22.9 Å². The molecule has 0 aliphatic carbocycles. The fraction of sp³-hybridized carbons (Fsp3) is 0.267. The molecule has 0 aliphatic heterocycles. The van der Waals surface area contributed by atoms with Crippen LogP contribution in [0, 0.1) is 5.82 Å². The number of aliphatic hydroxyl groups is 1. The van der Waals surface area contributed by atoms with E-state index in [2.05, 4.69) is 5.32 Å². The summed E-state index contributed by atoms with van der Waals surface area (Å²) in [7, 11) is 0. The number of hydrogen-bond acceptors (Lipinski definition) is 3. The molecule has 2 N–H and O–H groups in total. The Morgan fingerprint density at radius 3 is 2.76 bits per heavy atom. The van der Waals surface area contributed by atoms with Crippen molar-refractivity contribution in [1.82, 2.24) is 5.32 Å². The molecule has 1 heterocycles. The number of hydrogen-bond donors (Lipinski definition) is 2. The Morgan fingerprint density at radius 2 is 2.19 bits per heavy atom. The second-order valence-corrected chi connectivity index (χ2v) is 5.88. The van der Waals surface area contributed by atoms with Gasteiger partial charge in [-0.25, -0.2) is 4.39 Å². The molecule has 2 rings (SSSR count). The average molecular weight is 328 g/mol. The van der Waals surface area contributed by atoms with Crippen LogP contribution in [-0.2, 0) is 4.79 Å². The summed E-state index contributed by atoms with van der Waals surface area (Å²) in [6, 6.07) is 5.43. The molecule has 0 saturated carbocycles. The van der Waals surface area contributed by atoms with E-state index in [-0.39, 0.29) is 23.5 Å². The molecule has 2 unspecified atom stereocenters. The summed E-state index contributed by atoms with van der Waals surface area (Å²) in [6.07, 6.45) is 0. The number of benzene rings is 1. The first-order valence-electron chi connectivity index (χ1n) is 6.41. The smallest absolute Gasteiger partial charge is 0.227 e. The molecule has 6 heteroatoms. The molecule has 1 aromatic heterocycles. The molecule has 2 atom stereocenters. The Labute approximate surface area is 131 Å². The fourth-order valence-electron chi connectivity index (χ4n) is 1.93. The van der Waals surface area contributed by atoms with Crippen molar-refractivity contribution < 1.29 is 14.3 Å². The van der Waals surface area contributed by atoms with Gasteiger partial charge in [-0.05, 0) is 47.0 Å². The van der Waals surface area contributed by atoms with Crippen LogP contribution in [0.3, 0.4) is 0 Å². The zero-order valence-corrected chi connectivity index (χ0v) is 12.9. The quantitative estimate of drug-likeness (QED) is 0.883. The zero-order valence-electron chi connectivity index (χ0n) is 11.3. The van der Waals surface area contributed by atoms with Gasteiger partial charge in [0.2, 0.25) is 5.91 Å². The highest BCUT2D eigenvalue weighted by atomic mass is 35.5. The van der Waals surface area contributed by atoms with Gasteiger partial charge >= 0.3 is 0 Å². The SMILES string of the molecule is CC(C(=O)NC(CO)c1ccc(Cl)c(F)c1)c1ccsc1. The van der Waals surface area contributed by atoms with Crippen molar-refractivity contribution in [3.8, 4) is 0 Å². The molecule has 1 aromatic carbocycles. The number of thiophene rings is 1. The molecule has 0 spiro atoms. The molecule has 21 heavy (non-hydrogen) atoms. The molecule has 0 radical (unpaired) electrons. The van der Waals surface area contributed by atoms with Crippen molar-refractivity contribution >= 4 is 28.8 Å². The average Bonchev–Trinajstić information content (AvgIpc) is 3.01. The second-order valence-electron chi connectivity index (χ2n) is 4.70. The lowest BCUT2D eigenvalue weighted by Crippen LogP contribution is -2.33. The van der Waals surface area contributed by atoms with Crippen LogP contribution in [0.5, 0.6) is 0 Å². The molecular weight excluding hydrogens is 313 g/mol. The van der Waals surface area contributed by atoms with Gasteiger partial charge in [-0.2, -0.15) is 11.3 Å². The van der Waals surface area contributed by atoms with Gasteiger partial charge in [0.05, 0.1) is 23.6 Å². The largest absolute Gasteiger partial charge is 0.394 e. The summed E-state index contributed by atoms with van der Waals surface area (Å²) in [4.78, 5) is 12.2. The van der Waals surface area contributed by atoms with E-state index in [1.54, 1.807) is 13.0 Å². The van der Waals surface area contributed by atoms with Gasteiger partial charge < -0.3 is 10.4 Å². The van der Waals surface area contributed by atoms with E-state index in [9.17, 15) is 14.3 Å². The molecule has 0 fully saturated rings. The molecular formula is C15H15ClFNO2S. The Kier molecular flexibility index (Phi) is 5.33. The summed E-state index contributed by atoms with van der Waals surface area (Å²) in [6.45, 7) is 1.47. The normalized spacial score (nSPS) is 13.7. The standard InChI is InChI=1S/C15H15ClFNO2S/c1-9(11-4-5-21-8-11)15(20)18-14(7-19)10-2-3-12(16)13(17)6-10/h2-6,8-9,14,19H,7H2,1H3,(H,18,20). The van der Waals surface area contributed by atoms with E-state index in [1.807, 2.05) is 16.8 Å². The van der Waals surface area contributed by atoms with Crippen LogP contribution in [0.1, 0.15) is 30.0 Å². The van der Waals surface area contributed by atoms with Gasteiger partial charge in [-0.1, -0.05) is 17.7 Å². The maximum Gasteiger partial charge on any atom is 0.227 e. The van der Waals surface area contributed by atoms with Gasteiger partial charge in [0.25, 0.3) is 0 Å². The van der Waals surface area contributed by atoms with Crippen molar-refractivity contribution in [3.63, 3.8) is 0 Å². The van der Waals surface area contributed by atoms with Crippen LogP contribution < -0.4 is 5.32 Å². The predicted molar refractivity (Wildman–Crippen MR) is 82.1 cm³/mol. The number of aliphatic hydroxyl groups excluding tert-OH is 1. The minimum atomic E-state index is -0.662. The Balaban J connectivity index is 2.11. The summed E-state index contributed by atoms with van der Waals surface area (Å²) in [5.41, 5.74) is 1.39. The van der Waals surface area contributed by atoms with Gasteiger partial charge in [0, 0.05) is 0 Å². The first-order chi connectivity index (χ1) is 10.0. The van der Waals surface area contributed by atoms with Crippen molar-refractivity contribution in [2.75, 3.05) is 6.61 Å². The number of carbonyl (C=O) groups is 1. The second kappa shape index (κ2) is 7.02. The van der Waals surface area contributed by atoms with Crippen LogP contribution in [0.4, 0.5) is 4.39 Å². The Bertz CT molecular complexity index is 618. The van der Waals surface area contributed by atoms with E-state index < -0.39 is 11.9 Å². The van der Waals surface area contributed by atoms with Crippen LogP contribution in [-0.4, -0.2) is 17.6 Å². The highest BCUT2D eigenvalue weighted by Crippen LogP contribution is 2.22. The number of rotatable bonds is 5. The molecule has 112 valence electrons. The lowest BCUT2D eigenvalue weighted by molar-refractivity contribution is -0.123. The van der Waals surface area contributed by atoms with E-state index in [4.69, 9.17) is 11.6 Å². The maximum absolute atomic E-state index is 13.5. The minimum Gasteiger partial charge on any atom is -0.394 e. The van der Waals surface area contributed by atoms with E-state index in [0.717, 1.165) is 5.56 Å². The molecule has 1 amide bonds. The molecule has 0 bridgehead atoms. The Hall–Kier alpha value is -1.43. The van der Waals surface area contributed by atoms with Gasteiger partial charge in [-0.3, -0.25) is 4.79 Å². The first-order valence-corrected chi connectivity index (χ1v) is 7.73. The minimum absolute atomic E-state index is 0.00778. The molecule has 2 aromatic rings. The van der Waals surface area contributed by atoms with Gasteiger partial charge in [0.1, 0.15) is 5.82 Å². The van der Waals surface area contributed by atoms with Gasteiger partial charge in [-0.15, -0.1) is 0 Å². The maximum atomic E-state index is 13.5. The molecule has 0 aliphatic rings. The van der Waals surface area contributed by atoms with Gasteiger partial charge in [0.15, 0.2) is 0 Å². The van der Waals surface area contributed by atoms with Crippen LogP contribution in [0.2, 0.25) is 5.02 Å². The van der Waals surface area contributed by atoms with E-state index in [0.29, 0.717) is 5.56 Å². The highest BCUT2D eigenvalue weighted by Gasteiger charge is 2.20. The predicted octanol–water partition coefficient (Wildman–Crippen LogP) is 3.49. The summed E-state index contributed by atoms with van der Waals surface area (Å²) in [5.74, 6) is -1.13. The fourth-order valence-corrected chi connectivity index (χ4v) is 2.80. The summed E-state index contributed by atoms with van der Waals surface area (Å²) >= 11 is 7.14. The number of halogens is 2. The lowest BCUT2D eigenvalue weighted by Gasteiger charge is -2.19. The zero-order chi connectivity index (χ0) is 15.4. The topological polar surface area (TPSA) is 49.3 Å². The Morgan fingerprint density at radius 1 is 1.43 bits per heavy atom. The molecule has 3 nitrogen and oxygen atoms in total. The third-order valence-corrected chi connectivity index (χ3v) is 4.29. The lowest BCUT2D eigenvalue weighted by atomic mass is 10.0. The van der Waals surface area contributed by atoms with Crippen LogP contribution in [0.25, 0.3) is 0 Å². The third-order valence-electron chi connectivity index (χ3n) is 3.28. The number of nitrogens with one attached hydrogen (secondary N) is 1. The van der Waals surface area contributed by atoms with E-state index in [1.165, 1.54) is 23.5 Å². The third kappa shape index (κ3) is 3.81. The van der Waals surface area contributed by atoms with Crippen molar-refractivity contribution in [2.45, 2.75) is 18.9 Å². The van der Waals surface area contributed by atoms with E-state index >= 15 is 0 Å². The van der Waals surface area contributed by atoms with Crippen LogP contribution in [0.15, 0.2) is 35.0 Å². The number of carbonyl (C=O) groups excluding carboxylic acids is 1. The summed E-state index contributed by atoms with van der Waals surface area (Å²) < 4.78 is 13.5. The van der Waals surface area contributed by atoms with Crippen molar-refractivity contribution in [1.29, 1.82) is 0 Å². The highest BCUT2D eigenvalue weighted by molar-refractivity contribution is 7.08. The summed E-state index contributed by atoms with van der Waals surface area (Å²) in [5, 5.41) is 16.0. The van der Waals surface area contributed by atoms with Crippen molar-refractivity contribution in [2.24, 2.45) is 0 Å². The number of amides is 1.